The maximum absolute atomic E-state index is 12.7. The van der Waals surface area contributed by atoms with Crippen molar-refractivity contribution in [2.75, 3.05) is 13.2 Å². The monoisotopic (exact) mass is 420 g/mol. The number of carbonyl (C=O) groups is 3. The third-order valence-electron chi connectivity index (χ3n) is 4.79. The summed E-state index contributed by atoms with van der Waals surface area (Å²) in [4.78, 5) is 37.6. The smallest absolute Gasteiger partial charge is 0.359 e. The molecule has 0 spiro atoms. The molecule has 31 heavy (non-hydrogen) atoms. The molecule has 0 radical (unpaired) electrons. The van der Waals surface area contributed by atoms with E-state index in [9.17, 15) is 14.4 Å². The SMILES string of the molecule is CCOC(=O)C1=C(COC(=O)c2n[nH]c3ccccc23)NC(=O)NC1c1ccccc1. The van der Waals surface area contributed by atoms with Crippen LogP contribution in [0.4, 0.5) is 4.79 Å². The van der Waals surface area contributed by atoms with Crippen LogP contribution in [0.1, 0.15) is 29.0 Å². The number of nitrogens with one attached hydrogen (secondary N) is 3. The number of benzene rings is 2. The van der Waals surface area contributed by atoms with Gasteiger partial charge in [-0.15, -0.1) is 0 Å². The predicted molar refractivity (Wildman–Crippen MR) is 111 cm³/mol. The van der Waals surface area contributed by atoms with E-state index in [0.29, 0.717) is 16.5 Å². The Morgan fingerprint density at radius 2 is 1.74 bits per heavy atom. The van der Waals surface area contributed by atoms with Crippen LogP contribution in [-0.4, -0.2) is 41.4 Å². The van der Waals surface area contributed by atoms with Gasteiger partial charge in [0, 0.05) is 5.39 Å². The van der Waals surface area contributed by atoms with Crippen molar-refractivity contribution in [1.29, 1.82) is 0 Å². The summed E-state index contributed by atoms with van der Waals surface area (Å²) in [5, 5.41) is 12.7. The quantitative estimate of drug-likeness (QED) is 0.527. The molecule has 9 nitrogen and oxygen atoms in total. The van der Waals surface area contributed by atoms with Crippen LogP contribution in [0.25, 0.3) is 10.9 Å². The van der Waals surface area contributed by atoms with Gasteiger partial charge in [-0.1, -0.05) is 48.5 Å². The van der Waals surface area contributed by atoms with E-state index < -0.39 is 24.0 Å². The van der Waals surface area contributed by atoms with Gasteiger partial charge in [-0.3, -0.25) is 5.10 Å². The zero-order valence-corrected chi connectivity index (χ0v) is 16.7. The molecule has 3 aromatic rings. The molecule has 1 unspecified atom stereocenters. The van der Waals surface area contributed by atoms with Gasteiger partial charge in [-0.25, -0.2) is 14.4 Å². The standard InChI is InChI=1S/C22H20N4O5/c1-2-30-20(27)17-16(23-22(29)24-18(17)13-8-4-3-5-9-13)12-31-21(28)19-14-10-6-7-11-15(14)25-26-19/h3-11,18H,2,12H2,1H3,(H,25,26)(H2,23,24,29). The topological polar surface area (TPSA) is 122 Å². The Morgan fingerprint density at radius 3 is 2.52 bits per heavy atom. The molecular formula is C22H20N4O5. The maximum atomic E-state index is 12.7. The number of aromatic amines is 1. The molecule has 2 heterocycles. The van der Waals surface area contributed by atoms with Crippen LogP contribution < -0.4 is 10.6 Å². The van der Waals surface area contributed by atoms with Crippen LogP contribution in [-0.2, 0) is 14.3 Å². The van der Waals surface area contributed by atoms with Crippen LogP contribution in [0, 0.1) is 0 Å². The highest BCUT2D eigenvalue weighted by atomic mass is 16.5. The number of hydrogen-bond acceptors (Lipinski definition) is 6. The number of ether oxygens (including phenoxy) is 2. The molecule has 1 aliphatic rings. The summed E-state index contributed by atoms with van der Waals surface area (Å²) in [5.41, 5.74) is 1.84. The van der Waals surface area contributed by atoms with Crippen molar-refractivity contribution in [3.63, 3.8) is 0 Å². The first-order valence-corrected chi connectivity index (χ1v) is 9.71. The van der Waals surface area contributed by atoms with Crippen LogP contribution in [0.15, 0.2) is 65.9 Å². The molecule has 2 aromatic carbocycles. The second-order valence-corrected chi connectivity index (χ2v) is 6.75. The fraction of sp³-hybridized carbons (Fsp3) is 0.182. The predicted octanol–water partition coefficient (Wildman–Crippen LogP) is 2.59. The first kappa shape index (κ1) is 20.1. The molecule has 0 aliphatic carbocycles. The lowest BCUT2D eigenvalue weighted by atomic mass is 9.95. The van der Waals surface area contributed by atoms with Gasteiger partial charge in [0.1, 0.15) is 6.61 Å². The molecule has 9 heteroatoms. The highest BCUT2D eigenvalue weighted by Crippen LogP contribution is 2.28. The molecule has 0 fully saturated rings. The van der Waals surface area contributed by atoms with Crippen LogP contribution in [0.5, 0.6) is 0 Å². The van der Waals surface area contributed by atoms with Gasteiger partial charge in [-0.05, 0) is 18.6 Å². The van der Waals surface area contributed by atoms with Crippen molar-refractivity contribution in [3.05, 3.63) is 77.1 Å². The van der Waals surface area contributed by atoms with E-state index in [0.717, 1.165) is 0 Å². The van der Waals surface area contributed by atoms with Gasteiger partial charge >= 0.3 is 18.0 Å². The van der Waals surface area contributed by atoms with Crippen LogP contribution in [0.2, 0.25) is 0 Å². The summed E-state index contributed by atoms with van der Waals surface area (Å²) in [6.45, 7) is 1.52. The van der Waals surface area contributed by atoms with E-state index in [2.05, 4.69) is 20.8 Å². The van der Waals surface area contributed by atoms with Crippen molar-refractivity contribution >= 4 is 28.9 Å². The zero-order chi connectivity index (χ0) is 21.8. The number of hydrogen-bond donors (Lipinski definition) is 3. The second-order valence-electron chi connectivity index (χ2n) is 6.75. The van der Waals surface area contributed by atoms with E-state index in [1.54, 1.807) is 49.4 Å². The summed E-state index contributed by atoms with van der Waals surface area (Å²) in [5.74, 6) is -1.29. The van der Waals surface area contributed by atoms with Crippen molar-refractivity contribution in [2.24, 2.45) is 0 Å². The lowest BCUT2D eigenvalue weighted by molar-refractivity contribution is -0.139. The Bertz CT molecular complexity index is 1170. The summed E-state index contributed by atoms with van der Waals surface area (Å²) in [7, 11) is 0. The number of nitrogens with zero attached hydrogens (tertiary/aromatic N) is 1. The highest BCUT2D eigenvalue weighted by molar-refractivity contribution is 6.02. The van der Waals surface area contributed by atoms with Gasteiger partial charge in [0.25, 0.3) is 0 Å². The lowest BCUT2D eigenvalue weighted by Gasteiger charge is -2.29. The van der Waals surface area contributed by atoms with E-state index in [1.807, 2.05) is 12.1 Å². The van der Waals surface area contributed by atoms with Gasteiger partial charge < -0.3 is 20.1 Å². The van der Waals surface area contributed by atoms with Crippen molar-refractivity contribution in [2.45, 2.75) is 13.0 Å². The number of fused-ring (bicyclic) bond motifs is 1. The van der Waals surface area contributed by atoms with E-state index in [-0.39, 0.29) is 30.2 Å². The van der Waals surface area contributed by atoms with Gasteiger partial charge in [0.2, 0.25) is 0 Å². The second kappa shape index (κ2) is 8.70. The van der Waals surface area contributed by atoms with E-state index in [4.69, 9.17) is 9.47 Å². The summed E-state index contributed by atoms with van der Waals surface area (Å²) in [6.07, 6.45) is 0. The first-order chi connectivity index (χ1) is 15.1. The molecule has 0 saturated carbocycles. The molecular weight excluding hydrogens is 400 g/mol. The molecule has 0 bridgehead atoms. The zero-order valence-electron chi connectivity index (χ0n) is 16.7. The number of amides is 2. The van der Waals surface area contributed by atoms with E-state index in [1.165, 1.54) is 0 Å². The number of aromatic nitrogens is 2. The molecule has 1 atom stereocenters. The molecule has 4 rings (SSSR count). The van der Waals surface area contributed by atoms with E-state index >= 15 is 0 Å². The normalized spacial score (nSPS) is 15.9. The third kappa shape index (κ3) is 4.11. The molecule has 158 valence electrons. The summed E-state index contributed by atoms with van der Waals surface area (Å²) in [6, 6.07) is 14.9. The average Bonchev–Trinajstić information content (AvgIpc) is 3.22. The third-order valence-corrected chi connectivity index (χ3v) is 4.79. The van der Waals surface area contributed by atoms with Crippen molar-refractivity contribution < 1.29 is 23.9 Å². The number of esters is 2. The molecule has 0 saturated heterocycles. The van der Waals surface area contributed by atoms with Crippen molar-refractivity contribution in [1.82, 2.24) is 20.8 Å². The summed E-state index contributed by atoms with van der Waals surface area (Å²) < 4.78 is 10.6. The molecule has 1 aliphatic heterocycles. The number of rotatable bonds is 6. The Morgan fingerprint density at radius 1 is 1.00 bits per heavy atom. The number of H-pyrrole nitrogens is 1. The minimum absolute atomic E-state index is 0.119. The molecule has 3 N–H and O–H groups in total. The number of urea groups is 1. The fourth-order valence-electron chi connectivity index (χ4n) is 3.40. The lowest BCUT2D eigenvalue weighted by Crippen LogP contribution is -2.47. The Kier molecular flexibility index (Phi) is 5.65. The largest absolute Gasteiger partial charge is 0.463 e. The van der Waals surface area contributed by atoms with Gasteiger partial charge in [0.15, 0.2) is 5.69 Å². The number of para-hydroxylation sites is 1. The van der Waals surface area contributed by atoms with Gasteiger partial charge in [0.05, 0.1) is 29.4 Å². The molecule has 2 amide bonds. The Labute approximate surface area is 177 Å². The number of carbonyl (C=O) groups excluding carboxylic acids is 3. The van der Waals surface area contributed by atoms with Crippen LogP contribution in [0.3, 0.4) is 0 Å². The van der Waals surface area contributed by atoms with Crippen LogP contribution >= 0.6 is 0 Å². The fourth-order valence-corrected chi connectivity index (χ4v) is 3.40. The molecule has 1 aromatic heterocycles. The Hall–Kier alpha value is -4.14. The van der Waals surface area contributed by atoms with Crippen molar-refractivity contribution in [3.8, 4) is 0 Å². The van der Waals surface area contributed by atoms with Gasteiger partial charge in [-0.2, -0.15) is 5.10 Å². The minimum Gasteiger partial charge on any atom is -0.463 e. The maximum Gasteiger partial charge on any atom is 0.359 e. The highest BCUT2D eigenvalue weighted by Gasteiger charge is 2.34. The minimum atomic E-state index is -0.742. The Balaban J connectivity index is 1.64. The summed E-state index contributed by atoms with van der Waals surface area (Å²) >= 11 is 0. The first-order valence-electron chi connectivity index (χ1n) is 9.71. The average molecular weight is 420 g/mol.